The van der Waals surface area contributed by atoms with Crippen molar-refractivity contribution < 1.29 is 14.2 Å². The summed E-state index contributed by atoms with van der Waals surface area (Å²) in [7, 11) is 1.67. The van der Waals surface area contributed by atoms with Crippen molar-refractivity contribution in [2.24, 2.45) is 0 Å². The van der Waals surface area contributed by atoms with Gasteiger partial charge in [0.1, 0.15) is 5.75 Å². The highest BCUT2D eigenvalue weighted by molar-refractivity contribution is 5.54. The van der Waals surface area contributed by atoms with E-state index in [1.54, 1.807) is 7.11 Å². The molecule has 0 bridgehead atoms. The van der Waals surface area contributed by atoms with Crippen LogP contribution >= 0.6 is 0 Å². The molecule has 0 amide bonds. The fourth-order valence-electron chi connectivity index (χ4n) is 2.34. The topological polar surface area (TPSA) is 39.7 Å². The predicted molar refractivity (Wildman–Crippen MR) is 59.1 cm³/mol. The van der Waals surface area contributed by atoms with Gasteiger partial charge in [-0.25, -0.2) is 0 Å². The standard InChI is InChI=1S/C12H15NO3/c1-14-8-5-9(10-3-2-4-13-10)12-11(6-8)15-7-16-12/h5-6,10,13H,2-4,7H2,1H3. The van der Waals surface area contributed by atoms with E-state index in [4.69, 9.17) is 14.2 Å². The van der Waals surface area contributed by atoms with Gasteiger partial charge in [-0.2, -0.15) is 0 Å². The van der Waals surface area contributed by atoms with Crippen LogP contribution in [0.5, 0.6) is 17.2 Å². The van der Waals surface area contributed by atoms with Crippen LogP contribution in [0, 0.1) is 0 Å². The lowest BCUT2D eigenvalue weighted by Crippen LogP contribution is -2.13. The molecule has 1 aromatic rings. The highest BCUT2D eigenvalue weighted by Crippen LogP contribution is 2.43. The van der Waals surface area contributed by atoms with E-state index in [9.17, 15) is 0 Å². The van der Waals surface area contributed by atoms with Gasteiger partial charge in [0.05, 0.1) is 7.11 Å². The molecule has 2 aliphatic rings. The summed E-state index contributed by atoms with van der Waals surface area (Å²) >= 11 is 0. The monoisotopic (exact) mass is 221 g/mol. The Morgan fingerprint density at radius 2 is 2.31 bits per heavy atom. The van der Waals surface area contributed by atoms with E-state index in [2.05, 4.69) is 5.32 Å². The van der Waals surface area contributed by atoms with Crippen molar-refractivity contribution in [1.82, 2.24) is 5.32 Å². The number of fused-ring (bicyclic) bond motifs is 1. The fourth-order valence-corrected chi connectivity index (χ4v) is 2.34. The van der Waals surface area contributed by atoms with Crippen LogP contribution in [0.25, 0.3) is 0 Å². The minimum absolute atomic E-state index is 0.308. The molecule has 16 heavy (non-hydrogen) atoms. The van der Waals surface area contributed by atoms with Crippen molar-refractivity contribution in [2.75, 3.05) is 20.4 Å². The molecular weight excluding hydrogens is 206 g/mol. The van der Waals surface area contributed by atoms with E-state index >= 15 is 0 Å². The minimum Gasteiger partial charge on any atom is -0.497 e. The summed E-state index contributed by atoms with van der Waals surface area (Å²) in [6.07, 6.45) is 2.35. The maximum absolute atomic E-state index is 5.52. The number of benzene rings is 1. The van der Waals surface area contributed by atoms with E-state index in [1.807, 2.05) is 12.1 Å². The molecular formula is C12H15NO3. The van der Waals surface area contributed by atoms with Gasteiger partial charge in [0.15, 0.2) is 11.5 Å². The molecule has 4 heteroatoms. The predicted octanol–water partition coefficient (Wildman–Crippen LogP) is 1.85. The molecule has 1 fully saturated rings. The summed E-state index contributed by atoms with van der Waals surface area (Å²) in [4.78, 5) is 0. The average molecular weight is 221 g/mol. The Balaban J connectivity index is 2.04. The highest BCUT2D eigenvalue weighted by atomic mass is 16.7. The summed E-state index contributed by atoms with van der Waals surface area (Å²) in [5.41, 5.74) is 1.16. The summed E-state index contributed by atoms with van der Waals surface area (Å²) in [5.74, 6) is 2.50. The van der Waals surface area contributed by atoms with Crippen LogP contribution in [0.1, 0.15) is 24.4 Å². The maximum Gasteiger partial charge on any atom is 0.231 e. The lowest BCUT2D eigenvalue weighted by atomic mass is 10.0. The molecule has 0 spiro atoms. The zero-order valence-electron chi connectivity index (χ0n) is 9.29. The molecule has 0 aliphatic carbocycles. The van der Waals surface area contributed by atoms with Crippen molar-refractivity contribution >= 4 is 0 Å². The minimum atomic E-state index is 0.308. The van der Waals surface area contributed by atoms with Gasteiger partial charge in [-0.3, -0.25) is 0 Å². The Bertz CT molecular complexity index is 399. The number of rotatable bonds is 2. The molecule has 3 rings (SSSR count). The SMILES string of the molecule is COc1cc2c(c(C3CCCN3)c1)OCO2. The van der Waals surface area contributed by atoms with Crippen LogP contribution < -0.4 is 19.5 Å². The van der Waals surface area contributed by atoms with E-state index in [-0.39, 0.29) is 0 Å². The van der Waals surface area contributed by atoms with E-state index in [0.29, 0.717) is 12.8 Å². The third-order valence-electron chi connectivity index (χ3n) is 3.15. The third kappa shape index (κ3) is 1.50. The Labute approximate surface area is 94.5 Å². The highest BCUT2D eigenvalue weighted by Gasteiger charge is 2.26. The summed E-state index contributed by atoms with van der Waals surface area (Å²) in [6, 6.07) is 4.28. The first kappa shape index (κ1) is 9.78. The van der Waals surface area contributed by atoms with E-state index in [0.717, 1.165) is 35.8 Å². The van der Waals surface area contributed by atoms with Gasteiger partial charge in [0.2, 0.25) is 6.79 Å². The van der Waals surface area contributed by atoms with E-state index in [1.165, 1.54) is 6.42 Å². The van der Waals surface area contributed by atoms with Crippen molar-refractivity contribution in [1.29, 1.82) is 0 Å². The number of hydrogen-bond acceptors (Lipinski definition) is 4. The Hall–Kier alpha value is -1.42. The van der Waals surface area contributed by atoms with Crippen LogP contribution in [0.15, 0.2) is 12.1 Å². The third-order valence-corrected chi connectivity index (χ3v) is 3.15. The normalized spacial score (nSPS) is 22.4. The first-order valence-corrected chi connectivity index (χ1v) is 5.59. The van der Waals surface area contributed by atoms with Crippen molar-refractivity contribution in [2.45, 2.75) is 18.9 Å². The summed E-state index contributed by atoms with van der Waals surface area (Å²) in [6.45, 7) is 1.37. The maximum atomic E-state index is 5.52. The lowest BCUT2D eigenvalue weighted by Gasteiger charge is -2.14. The molecule has 0 aromatic heterocycles. The number of hydrogen-bond donors (Lipinski definition) is 1. The van der Waals surface area contributed by atoms with Gasteiger partial charge < -0.3 is 19.5 Å². The van der Waals surface area contributed by atoms with Gasteiger partial charge in [0, 0.05) is 17.7 Å². The van der Waals surface area contributed by atoms with E-state index < -0.39 is 0 Å². The molecule has 4 nitrogen and oxygen atoms in total. The summed E-state index contributed by atoms with van der Waals surface area (Å²) < 4.78 is 16.2. The Morgan fingerprint density at radius 3 is 3.06 bits per heavy atom. The van der Waals surface area contributed by atoms with Gasteiger partial charge in [0.25, 0.3) is 0 Å². The zero-order chi connectivity index (χ0) is 11.0. The van der Waals surface area contributed by atoms with Crippen molar-refractivity contribution in [3.05, 3.63) is 17.7 Å². The second kappa shape index (κ2) is 3.87. The molecule has 0 saturated carbocycles. The van der Waals surface area contributed by atoms with Gasteiger partial charge in [-0.05, 0) is 25.5 Å². The second-order valence-electron chi connectivity index (χ2n) is 4.10. The number of ether oxygens (including phenoxy) is 3. The van der Waals surface area contributed by atoms with Crippen molar-refractivity contribution in [3.8, 4) is 17.2 Å². The number of nitrogens with one attached hydrogen (secondary N) is 1. The first-order chi connectivity index (χ1) is 7.88. The van der Waals surface area contributed by atoms with Gasteiger partial charge in [-0.1, -0.05) is 0 Å². The molecule has 2 aliphatic heterocycles. The average Bonchev–Trinajstić information content (AvgIpc) is 2.98. The summed E-state index contributed by atoms with van der Waals surface area (Å²) in [5, 5.41) is 3.46. The van der Waals surface area contributed by atoms with Crippen LogP contribution in [-0.2, 0) is 0 Å². The molecule has 1 atom stereocenters. The molecule has 1 aromatic carbocycles. The zero-order valence-corrected chi connectivity index (χ0v) is 9.29. The first-order valence-electron chi connectivity index (χ1n) is 5.59. The van der Waals surface area contributed by atoms with Crippen LogP contribution in [-0.4, -0.2) is 20.4 Å². The quantitative estimate of drug-likeness (QED) is 0.827. The number of methoxy groups -OCH3 is 1. The second-order valence-corrected chi connectivity index (χ2v) is 4.10. The molecule has 1 saturated heterocycles. The Kier molecular flexibility index (Phi) is 2.36. The smallest absolute Gasteiger partial charge is 0.231 e. The Morgan fingerprint density at radius 1 is 1.38 bits per heavy atom. The largest absolute Gasteiger partial charge is 0.497 e. The lowest BCUT2D eigenvalue weighted by molar-refractivity contribution is 0.172. The molecule has 2 heterocycles. The van der Waals surface area contributed by atoms with Gasteiger partial charge in [-0.15, -0.1) is 0 Å². The molecule has 1 N–H and O–H groups in total. The van der Waals surface area contributed by atoms with Crippen LogP contribution in [0.4, 0.5) is 0 Å². The van der Waals surface area contributed by atoms with Crippen LogP contribution in [0.2, 0.25) is 0 Å². The van der Waals surface area contributed by atoms with Crippen molar-refractivity contribution in [3.63, 3.8) is 0 Å². The molecule has 1 unspecified atom stereocenters. The van der Waals surface area contributed by atoms with Gasteiger partial charge >= 0.3 is 0 Å². The molecule has 86 valence electrons. The van der Waals surface area contributed by atoms with Crippen LogP contribution in [0.3, 0.4) is 0 Å². The molecule has 0 radical (unpaired) electrons. The fraction of sp³-hybridized carbons (Fsp3) is 0.500.